The summed E-state index contributed by atoms with van der Waals surface area (Å²) in [6, 6.07) is 12.2. The maximum Gasteiger partial charge on any atom is 0.221 e. The van der Waals surface area contributed by atoms with Gasteiger partial charge in [-0.15, -0.1) is 0 Å². The van der Waals surface area contributed by atoms with Crippen molar-refractivity contribution >= 4 is 11.6 Å². The number of aromatic nitrogens is 1. The van der Waals surface area contributed by atoms with Gasteiger partial charge in [0.1, 0.15) is 0 Å². The molecule has 0 aliphatic carbocycles. The van der Waals surface area contributed by atoms with Crippen molar-refractivity contribution in [1.82, 2.24) is 9.47 Å². The average Bonchev–Trinajstić information content (AvgIpc) is 2.77. The van der Waals surface area contributed by atoms with Gasteiger partial charge in [-0.1, -0.05) is 12.1 Å². The number of hydrogen-bond acceptors (Lipinski definition) is 2. The standard InChI is InChI=1S/C16H21N3O/c1-13(20)17-15-8-6-14(7-9-15)11-18(2)12-16-5-4-10-19(16)3/h4-10H,11-12H2,1-3H3,(H,17,20). The lowest BCUT2D eigenvalue weighted by Crippen LogP contribution is -2.18. The van der Waals surface area contributed by atoms with Gasteiger partial charge in [-0.05, 0) is 36.9 Å². The number of rotatable bonds is 5. The van der Waals surface area contributed by atoms with Crippen LogP contribution in [0, 0.1) is 0 Å². The molecule has 0 saturated carbocycles. The molecule has 4 nitrogen and oxygen atoms in total. The van der Waals surface area contributed by atoms with Gasteiger partial charge in [0.25, 0.3) is 0 Å². The zero-order chi connectivity index (χ0) is 14.5. The van der Waals surface area contributed by atoms with E-state index in [0.29, 0.717) is 0 Å². The van der Waals surface area contributed by atoms with E-state index < -0.39 is 0 Å². The number of nitrogens with zero attached hydrogens (tertiary/aromatic N) is 2. The van der Waals surface area contributed by atoms with Gasteiger partial charge in [-0.2, -0.15) is 0 Å². The van der Waals surface area contributed by atoms with E-state index in [1.165, 1.54) is 18.2 Å². The monoisotopic (exact) mass is 271 g/mol. The Labute approximate surface area is 120 Å². The van der Waals surface area contributed by atoms with Gasteiger partial charge < -0.3 is 9.88 Å². The molecule has 2 aromatic rings. The fraction of sp³-hybridized carbons (Fsp3) is 0.312. The highest BCUT2D eigenvalue weighted by atomic mass is 16.1. The van der Waals surface area contributed by atoms with Gasteiger partial charge in [0.05, 0.1) is 0 Å². The molecule has 2 rings (SSSR count). The van der Waals surface area contributed by atoms with Crippen molar-refractivity contribution in [3.05, 3.63) is 53.9 Å². The fourth-order valence-corrected chi connectivity index (χ4v) is 2.20. The Hall–Kier alpha value is -2.07. The second-order valence-corrected chi connectivity index (χ2v) is 5.16. The molecule has 0 aliphatic heterocycles. The molecule has 0 radical (unpaired) electrons. The maximum atomic E-state index is 11.0. The van der Waals surface area contributed by atoms with Gasteiger partial charge in [-0.25, -0.2) is 0 Å². The Kier molecular flexibility index (Phi) is 4.58. The molecule has 1 heterocycles. The smallest absolute Gasteiger partial charge is 0.221 e. The van der Waals surface area contributed by atoms with Crippen molar-refractivity contribution in [2.45, 2.75) is 20.0 Å². The summed E-state index contributed by atoms with van der Waals surface area (Å²) in [7, 11) is 4.17. The molecule has 0 atom stereocenters. The summed E-state index contributed by atoms with van der Waals surface area (Å²) in [5.41, 5.74) is 3.37. The quantitative estimate of drug-likeness (QED) is 0.907. The third kappa shape index (κ3) is 3.96. The Morgan fingerprint density at radius 1 is 1.20 bits per heavy atom. The van der Waals surface area contributed by atoms with E-state index in [0.717, 1.165) is 18.8 Å². The van der Waals surface area contributed by atoms with E-state index in [1.54, 1.807) is 0 Å². The zero-order valence-corrected chi connectivity index (χ0v) is 12.3. The molecule has 1 aromatic heterocycles. The van der Waals surface area contributed by atoms with Crippen LogP contribution in [-0.2, 0) is 24.9 Å². The lowest BCUT2D eigenvalue weighted by atomic mass is 10.2. The van der Waals surface area contributed by atoms with Crippen LogP contribution in [0.1, 0.15) is 18.2 Å². The van der Waals surface area contributed by atoms with Crippen LogP contribution in [0.2, 0.25) is 0 Å². The van der Waals surface area contributed by atoms with Crippen molar-refractivity contribution < 1.29 is 4.79 Å². The molecule has 0 fully saturated rings. The lowest BCUT2D eigenvalue weighted by Gasteiger charge is -2.17. The largest absolute Gasteiger partial charge is 0.353 e. The van der Waals surface area contributed by atoms with Crippen molar-refractivity contribution in [2.24, 2.45) is 7.05 Å². The number of nitrogens with one attached hydrogen (secondary N) is 1. The number of amides is 1. The summed E-state index contributed by atoms with van der Waals surface area (Å²) in [6.07, 6.45) is 2.06. The summed E-state index contributed by atoms with van der Waals surface area (Å²) < 4.78 is 2.14. The van der Waals surface area contributed by atoms with E-state index in [2.05, 4.69) is 47.2 Å². The van der Waals surface area contributed by atoms with Crippen LogP contribution in [0.5, 0.6) is 0 Å². The molecule has 1 amide bonds. The minimum Gasteiger partial charge on any atom is -0.353 e. The summed E-state index contributed by atoms with van der Waals surface area (Å²) in [5, 5.41) is 2.77. The highest BCUT2D eigenvalue weighted by molar-refractivity contribution is 5.88. The predicted molar refractivity (Wildman–Crippen MR) is 81.3 cm³/mol. The van der Waals surface area contributed by atoms with E-state index >= 15 is 0 Å². The van der Waals surface area contributed by atoms with Crippen LogP contribution in [0.3, 0.4) is 0 Å². The van der Waals surface area contributed by atoms with Crippen molar-refractivity contribution in [3.8, 4) is 0 Å². The topological polar surface area (TPSA) is 37.3 Å². The maximum absolute atomic E-state index is 11.0. The van der Waals surface area contributed by atoms with Crippen molar-refractivity contribution in [1.29, 1.82) is 0 Å². The number of anilines is 1. The summed E-state index contributed by atoms with van der Waals surface area (Å²) in [6.45, 7) is 3.31. The molecule has 106 valence electrons. The zero-order valence-electron chi connectivity index (χ0n) is 12.3. The Balaban J connectivity index is 1.92. The number of carbonyl (C=O) groups is 1. The highest BCUT2D eigenvalue weighted by Gasteiger charge is 2.04. The first-order valence-corrected chi connectivity index (χ1v) is 6.70. The Bertz CT molecular complexity index is 572. The molecule has 0 saturated heterocycles. The van der Waals surface area contributed by atoms with E-state index in [9.17, 15) is 4.79 Å². The predicted octanol–water partition coefficient (Wildman–Crippen LogP) is 2.62. The van der Waals surface area contributed by atoms with Crippen LogP contribution in [0.4, 0.5) is 5.69 Å². The Morgan fingerprint density at radius 3 is 2.45 bits per heavy atom. The van der Waals surface area contributed by atoms with Crippen LogP contribution in [-0.4, -0.2) is 22.4 Å². The Morgan fingerprint density at radius 2 is 1.90 bits per heavy atom. The van der Waals surface area contributed by atoms with Crippen molar-refractivity contribution in [2.75, 3.05) is 12.4 Å². The van der Waals surface area contributed by atoms with Gasteiger partial charge in [0.2, 0.25) is 5.91 Å². The molecule has 0 bridgehead atoms. The van der Waals surface area contributed by atoms with Crippen LogP contribution in [0.25, 0.3) is 0 Å². The number of carbonyl (C=O) groups excluding carboxylic acids is 1. The molecule has 0 spiro atoms. The first kappa shape index (κ1) is 14.3. The summed E-state index contributed by atoms with van der Waals surface area (Å²) in [4.78, 5) is 13.2. The number of aryl methyl sites for hydroxylation is 1. The minimum absolute atomic E-state index is 0.0430. The van der Waals surface area contributed by atoms with Gasteiger partial charge in [-0.3, -0.25) is 9.69 Å². The van der Waals surface area contributed by atoms with Crippen LogP contribution >= 0.6 is 0 Å². The molecule has 20 heavy (non-hydrogen) atoms. The fourth-order valence-electron chi connectivity index (χ4n) is 2.20. The molecule has 0 unspecified atom stereocenters. The SMILES string of the molecule is CC(=O)Nc1ccc(CN(C)Cc2cccn2C)cc1. The molecule has 1 N–H and O–H groups in total. The molecular weight excluding hydrogens is 250 g/mol. The van der Waals surface area contributed by atoms with E-state index in [4.69, 9.17) is 0 Å². The molecule has 4 heteroatoms. The normalized spacial score (nSPS) is 10.8. The summed E-state index contributed by atoms with van der Waals surface area (Å²) >= 11 is 0. The third-order valence-electron chi connectivity index (χ3n) is 3.21. The molecular formula is C16H21N3O. The van der Waals surface area contributed by atoms with Crippen LogP contribution < -0.4 is 5.32 Å². The van der Waals surface area contributed by atoms with Gasteiger partial charge in [0, 0.05) is 44.6 Å². The number of benzene rings is 1. The second kappa shape index (κ2) is 6.39. The number of hydrogen-bond donors (Lipinski definition) is 1. The molecule has 0 aliphatic rings. The lowest BCUT2D eigenvalue weighted by molar-refractivity contribution is -0.114. The van der Waals surface area contributed by atoms with E-state index in [1.807, 2.05) is 24.3 Å². The highest BCUT2D eigenvalue weighted by Crippen LogP contribution is 2.12. The first-order valence-electron chi connectivity index (χ1n) is 6.70. The minimum atomic E-state index is -0.0430. The van der Waals surface area contributed by atoms with Gasteiger partial charge >= 0.3 is 0 Å². The van der Waals surface area contributed by atoms with E-state index in [-0.39, 0.29) is 5.91 Å². The second-order valence-electron chi connectivity index (χ2n) is 5.16. The molecule has 1 aromatic carbocycles. The van der Waals surface area contributed by atoms with Crippen molar-refractivity contribution in [3.63, 3.8) is 0 Å². The third-order valence-corrected chi connectivity index (χ3v) is 3.21. The summed E-state index contributed by atoms with van der Waals surface area (Å²) in [5.74, 6) is -0.0430. The first-order chi connectivity index (χ1) is 9.54. The van der Waals surface area contributed by atoms with Gasteiger partial charge in [0.15, 0.2) is 0 Å². The van der Waals surface area contributed by atoms with Crippen LogP contribution in [0.15, 0.2) is 42.6 Å². The average molecular weight is 271 g/mol.